The number of thiocarbonyl (C=S) groups is 1. The van der Waals surface area contributed by atoms with E-state index >= 15 is 0 Å². The van der Waals surface area contributed by atoms with Crippen LogP contribution in [-0.2, 0) is 9.59 Å². The van der Waals surface area contributed by atoms with Crippen molar-refractivity contribution >= 4 is 62.2 Å². The Labute approximate surface area is 201 Å². The summed E-state index contributed by atoms with van der Waals surface area (Å²) in [7, 11) is 0. The predicted molar refractivity (Wildman–Crippen MR) is 130 cm³/mol. The number of carbonyl (C=O) groups excluding carboxylic acids is 1. The molecule has 4 rings (SSSR count). The number of benzene rings is 2. The van der Waals surface area contributed by atoms with Gasteiger partial charge in [-0.3, -0.25) is 14.5 Å². The van der Waals surface area contributed by atoms with Crippen molar-refractivity contribution in [1.82, 2.24) is 14.7 Å². The third-order valence-electron chi connectivity index (χ3n) is 4.53. The maximum atomic E-state index is 12.8. The number of aromatic nitrogens is 2. The zero-order chi connectivity index (χ0) is 22.8. The highest BCUT2D eigenvalue weighted by Crippen LogP contribution is 2.37. The van der Waals surface area contributed by atoms with Crippen LogP contribution in [-0.4, -0.2) is 42.5 Å². The van der Waals surface area contributed by atoms with Crippen LogP contribution in [0.4, 0.5) is 0 Å². The number of carboxylic acids is 1. The zero-order valence-electron chi connectivity index (χ0n) is 16.7. The van der Waals surface area contributed by atoms with Gasteiger partial charge in [-0.05, 0) is 49.4 Å². The van der Waals surface area contributed by atoms with Crippen LogP contribution in [0, 0.1) is 6.92 Å². The predicted octanol–water partition coefficient (Wildman–Crippen LogP) is 5.02. The molecular formula is C22H16BrN3O4S2. The minimum Gasteiger partial charge on any atom is -0.480 e. The number of aryl methyl sites for hydroxylation is 1. The Morgan fingerprint density at radius 3 is 2.56 bits per heavy atom. The van der Waals surface area contributed by atoms with Crippen molar-refractivity contribution in [2.75, 3.05) is 6.54 Å². The average molecular weight is 530 g/mol. The second-order valence-electron chi connectivity index (χ2n) is 6.77. The van der Waals surface area contributed by atoms with E-state index in [4.69, 9.17) is 22.1 Å². The van der Waals surface area contributed by atoms with Gasteiger partial charge in [0.15, 0.2) is 0 Å². The number of para-hydroxylation sites is 1. The summed E-state index contributed by atoms with van der Waals surface area (Å²) in [5.74, 6) is -0.559. The summed E-state index contributed by atoms with van der Waals surface area (Å²) < 4.78 is 8.99. The SMILES string of the molecule is Cc1nn(-c2ccccc2)c(Oc2ccc(Br)cc2)c1/C=C1\SC(=S)N(CC(=O)O)C1=O. The molecule has 0 saturated carbocycles. The third-order valence-corrected chi connectivity index (χ3v) is 6.44. The van der Waals surface area contributed by atoms with Crippen LogP contribution in [0.5, 0.6) is 11.6 Å². The van der Waals surface area contributed by atoms with Gasteiger partial charge in [0.05, 0.1) is 21.8 Å². The molecule has 0 atom stereocenters. The summed E-state index contributed by atoms with van der Waals surface area (Å²) in [6.07, 6.45) is 1.65. The topological polar surface area (TPSA) is 84.7 Å². The first kappa shape index (κ1) is 22.3. The minimum absolute atomic E-state index is 0.201. The molecule has 7 nitrogen and oxygen atoms in total. The number of nitrogens with zero attached hydrogens (tertiary/aromatic N) is 3. The Balaban J connectivity index is 1.80. The maximum Gasteiger partial charge on any atom is 0.323 e. The number of aliphatic carboxylic acids is 1. The fourth-order valence-corrected chi connectivity index (χ4v) is 4.54. The van der Waals surface area contributed by atoms with Crippen LogP contribution in [0.15, 0.2) is 64.0 Å². The lowest BCUT2D eigenvalue weighted by Gasteiger charge is -2.11. The van der Waals surface area contributed by atoms with Crippen molar-refractivity contribution in [2.24, 2.45) is 0 Å². The Morgan fingerprint density at radius 2 is 1.91 bits per heavy atom. The Kier molecular flexibility index (Phi) is 6.45. The van der Waals surface area contributed by atoms with Gasteiger partial charge in [-0.25, -0.2) is 0 Å². The van der Waals surface area contributed by atoms with Crippen molar-refractivity contribution < 1.29 is 19.4 Å². The van der Waals surface area contributed by atoms with Gasteiger partial charge < -0.3 is 9.84 Å². The molecule has 1 aliphatic heterocycles. The maximum absolute atomic E-state index is 12.8. The van der Waals surface area contributed by atoms with Crippen LogP contribution in [0.1, 0.15) is 11.3 Å². The number of halogens is 1. The molecule has 0 bridgehead atoms. The van der Waals surface area contributed by atoms with Crippen molar-refractivity contribution in [2.45, 2.75) is 6.92 Å². The first-order chi connectivity index (χ1) is 15.3. The highest BCUT2D eigenvalue weighted by Gasteiger charge is 2.34. The monoisotopic (exact) mass is 529 g/mol. The highest BCUT2D eigenvalue weighted by molar-refractivity contribution is 9.10. The molecular weight excluding hydrogens is 514 g/mol. The van der Waals surface area contributed by atoms with Gasteiger partial charge in [0.1, 0.15) is 16.6 Å². The summed E-state index contributed by atoms with van der Waals surface area (Å²) >= 11 is 9.67. The normalized spacial score (nSPS) is 14.9. The largest absolute Gasteiger partial charge is 0.480 e. The van der Waals surface area contributed by atoms with Crippen molar-refractivity contribution in [3.05, 3.63) is 75.2 Å². The summed E-state index contributed by atoms with van der Waals surface area (Å²) in [4.78, 5) is 25.2. The number of hydrogen-bond acceptors (Lipinski definition) is 6. The molecule has 2 aromatic carbocycles. The lowest BCUT2D eigenvalue weighted by molar-refractivity contribution is -0.140. The molecule has 0 unspecified atom stereocenters. The van der Waals surface area contributed by atoms with E-state index < -0.39 is 18.4 Å². The summed E-state index contributed by atoms with van der Waals surface area (Å²) in [5.41, 5.74) is 2.04. The van der Waals surface area contributed by atoms with Crippen LogP contribution in [0.25, 0.3) is 11.8 Å². The number of rotatable bonds is 6. The van der Waals surface area contributed by atoms with E-state index in [2.05, 4.69) is 21.0 Å². The van der Waals surface area contributed by atoms with E-state index in [9.17, 15) is 9.59 Å². The molecule has 1 aromatic heterocycles. The van der Waals surface area contributed by atoms with Crippen LogP contribution >= 0.6 is 39.9 Å². The standard InChI is InChI=1S/C22H16BrN3O4S2/c1-13-17(11-18-20(29)25(12-19(27)28)22(31)32-18)21(30-16-9-7-14(23)8-10-16)26(24-13)15-5-3-2-4-6-15/h2-11H,12H2,1H3,(H,27,28)/b18-11-. The van der Waals surface area contributed by atoms with E-state index in [0.29, 0.717) is 27.8 Å². The molecule has 3 aromatic rings. The average Bonchev–Trinajstić information content (AvgIpc) is 3.21. The number of amides is 1. The molecule has 0 spiro atoms. The zero-order valence-corrected chi connectivity index (χ0v) is 19.9. The Hall–Kier alpha value is -2.95. The van der Waals surface area contributed by atoms with Crippen LogP contribution < -0.4 is 4.74 Å². The molecule has 162 valence electrons. The second-order valence-corrected chi connectivity index (χ2v) is 9.36. The van der Waals surface area contributed by atoms with Gasteiger partial charge >= 0.3 is 5.97 Å². The van der Waals surface area contributed by atoms with Gasteiger partial charge in [0.2, 0.25) is 5.88 Å². The van der Waals surface area contributed by atoms with E-state index in [1.807, 2.05) is 61.5 Å². The molecule has 32 heavy (non-hydrogen) atoms. The number of hydrogen-bond donors (Lipinski definition) is 1. The molecule has 0 radical (unpaired) electrons. The first-order valence-electron chi connectivity index (χ1n) is 9.39. The van der Waals surface area contributed by atoms with Gasteiger partial charge in [-0.15, -0.1) is 0 Å². The number of carboxylic acid groups (broad SMARTS) is 1. The fourth-order valence-electron chi connectivity index (χ4n) is 3.04. The summed E-state index contributed by atoms with van der Waals surface area (Å²) in [6, 6.07) is 16.9. The van der Waals surface area contributed by atoms with Crippen LogP contribution in [0.3, 0.4) is 0 Å². The minimum atomic E-state index is -1.13. The number of thioether (sulfide) groups is 1. The first-order valence-corrected chi connectivity index (χ1v) is 11.4. The van der Waals surface area contributed by atoms with Crippen LogP contribution in [0.2, 0.25) is 0 Å². The molecule has 1 N–H and O–H groups in total. The van der Waals surface area contributed by atoms with Gasteiger partial charge in [0.25, 0.3) is 5.91 Å². The molecule has 1 aliphatic rings. The smallest absolute Gasteiger partial charge is 0.323 e. The van der Waals surface area contributed by atoms with Gasteiger partial charge in [-0.2, -0.15) is 9.78 Å². The van der Waals surface area contributed by atoms with Gasteiger partial charge in [0, 0.05) is 4.47 Å². The highest BCUT2D eigenvalue weighted by atomic mass is 79.9. The number of ether oxygens (including phenoxy) is 1. The fraction of sp³-hybridized carbons (Fsp3) is 0.0909. The van der Waals surface area contributed by atoms with Crippen molar-refractivity contribution in [3.63, 3.8) is 0 Å². The second kappa shape index (κ2) is 9.27. The van der Waals surface area contributed by atoms with E-state index in [-0.39, 0.29) is 4.32 Å². The van der Waals surface area contributed by atoms with Gasteiger partial charge in [-0.1, -0.05) is 58.1 Å². The van der Waals surface area contributed by atoms with Crippen molar-refractivity contribution in [1.29, 1.82) is 0 Å². The van der Waals surface area contributed by atoms with E-state index in [0.717, 1.165) is 26.8 Å². The Bertz CT molecular complexity index is 1240. The molecule has 10 heteroatoms. The lowest BCUT2D eigenvalue weighted by Crippen LogP contribution is -2.33. The molecule has 2 heterocycles. The quantitative estimate of drug-likeness (QED) is 0.354. The van der Waals surface area contributed by atoms with E-state index in [1.165, 1.54) is 0 Å². The third kappa shape index (κ3) is 4.62. The molecule has 1 amide bonds. The molecule has 1 saturated heterocycles. The lowest BCUT2D eigenvalue weighted by atomic mass is 10.2. The van der Waals surface area contributed by atoms with Crippen molar-refractivity contribution in [3.8, 4) is 17.3 Å². The Morgan fingerprint density at radius 1 is 1.22 bits per heavy atom. The van der Waals surface area contributed by atoms with E-state index in [1.54, 1.807) is 10.8 Å². The summed E-state index contributed by atoms with van der Waals surface area (Å²) in [6.45, 7) is 1.34. The molecule has 1 fully saturated rings. The summed E-state index contributed by atoms with van der Waals surface area (Å²) in [5, 5.41) is 13.7. The number of carbonyl (C=O) groups is 2. The molecule has 0 aliphatic carbocycles.